The number of amides is 1. The number of carbonyl (C=O) groups excluding carboxylic acids is 1. The first kappa shape index (κ1) is 16.5. The third-order valence-electron chi connectivity index (χ3n) is 5.32. The highest BCUT2D eigenvalue weighted by atomic mass is 16.2. The van der Waals surface area contributed by atoms with Crippen LogP contribution < -0.4 is 9.80 Å². The van der Waals surface area contributed by atoms with Crippen LogP contribution in [-0.4, -0.2) is 56.6 Å². The van der Waals surface area contributed by atoms with Crippen molar-refractivity contribution in [2.45, 2.75) is 32.2 Å². The van der Waals surface area contributed by atoms with Crippen LogP contribution in [0.4, 0.5) is 0 Å². The molecule has 23 heavy (non-hydrogen) atoms. The van der Waals surface area contributed by atoms with E-state index in [0.29, 0.717) is 12.5 Å². The maximum atomic E-state index is 12.5. The maximum absolute atomic E-state index is 12.5. The lowest BCUT2D eigenvalue weighted by molar-refractivity contribution is -1.02. The van der Waals surface area contributed by atoms with Gasteiger partial charge in [-0.2, -0.15) is 0 Å². The fourth-order valence-electron chi connectivity index (χ4n) is 3.84. The summed E-state index contributed by atoms with van der Waals surface area (Å²) in [7, 11) is 0. The number of quaternary nitrogens is 2. The number of hydrogen-bond acceptors (Lipinski definition) is 1. The Bertz CT molecular complexity index is 475. The van der Waals surface area contributed by atoms with Gasteiger partial charge in [-0.1, -0.05) is 43.2 Å². The number of likely N-dealkylation sites (tertiary alicyclic amines) is 1. The van der Waals surface area contributed by atoms with E-state index < -0.39 is 0 Å². The Kier molecular flexibility index (Phi) is 6.06. The third kappa shape index (κ3) is 5.05. The van der Waals surface area contributed by atoms with Crippen LogP contribution in [0.15, 0.2) is 30.3 Å². The Hall–Kier alpha value is -1.39. The summed E-state index contributed by atoms with van der Waals surface area (Å²) in [5.74, 6) is 0.383. The van der Waals surface area contributed by atoms with Crippen LogP contribution in [0.25, 0.3) is 0 Å². The van der Waals surface area contributed by atoms with E-state index in [2.05, 4.69) is 35.2 Å². The smallest absolute Gasteiger partial charge is 0.277 e. The van der Waals surface area contributed by atoms with Crippen molar-refractivity contribution in [2.24, 2.45) is 0 Å². The van der Waals surface area contributed by atoms with Gasteiger partial charge in [0.2, 0.25) is 0 Å². The predicted octanol–water partition coefficient (Wildman–Crippen LogP) is -0.627. The second-order valence-electron chi connectivity index (χ2n) is 7.13. The molecule has 1 aromatic rings. The number of nitrogens with one attached hydrogen (secondary N) is 2. The number of hydrogen-bond donors (Lipinski definition) is 2. The molecule has 0 unspecified atom stereocenters. The minimum atomic E-state index is 0.383. The van der Waals surface area contributed by atoms with Crippen LogP contribution in [0.2, 0.25) is 0 Å². The van der Waals surface area contributed by atoms with Crippen LogP contribution in [0, 0.1) is 0 Å². The van der Waals surface area contributed by atoms with E-state index >= 15 is 0 Å². The molecule has 2 aliphatic heterocycles. The van der Waals surface area contributed by atoms with E-state index in [1.54, 1.807) is 4.90 Å². The van der Waals surface area contributed by atoms with Crippen molar-refractivity contribution in [3.63, 3.8) is 0 Å². The number of rotatable bonds is 4. The maximum Gasteiger partial charge on any atom is 0.277 e. The zero-order valence-electron chi connectivity index (χ0n) is 14.2. The van der Waals surface area contributed by atoms with Crippen LogP contribution in [0.1, 0.15) is 31.2 Å². The molecule has 1 aromatic carbocycles. The molecule has 2 N–H and O–H groups in total. The van der Waals surface area contributed by atoms with Crippen LogP contribution in [0.3, 0.4) is 0 Å². The molecule has 2 aliphatic rings. The number of piperazine rings is 1. The van der Waals surface area contributed by atoms with Gasteiger partial charge in [0.15, 0.2) is 6.54 Å². The average molecular weight is 317 g/mol. The van der Waals surface area contributed by atoms with E-state index in [4.69, 9.17) is 0 Å². The second-order valence-corrected chi connectivity index (χ2v) is 7.13. The van der Waals surface area contributed by atoms with E-state index in [-0.39, 0.29) is 0 Å². The quantitative estimate of drug-likeness (QED) is 0.761. The van der Waals surface area contributed by atoms with Crippen molar-refractivity contribution < 1.29 is 14.6 Å². The number of nitrogens with zero attached hydrogens (tertiary/aromatic N) is 1. The lowest BCUT2D eigenvalue weighted by Crippen LogP contribution is -3.28. The highest BCUT2D eigenvalue weighted by molar-refractivity contribution is 5.77. The highest BCUT2D eigenvalue weighted by Gasteiger charge is 2.27. The van der Waals surface area contributed by atoms with Gasteiger partial charge in [0.25, 0.3) is 5.91 Å². The average Bonchev–Trinajstić information content (AvgIpc) is 2.87. The molecule has 4 heteroatoms. The summed E-state index contributed by atoms with van der Waals surface area (Å²) < 4.78 is 0. The van der Waals surface area contributed by atoms with Gasteiger partial charge in [-0.3, -0.25) is 4.79 Å². The van der Waals surface area contributed by atoms with Gasteiger partial charge in [0, 0.05) is 18.7 Å². The molecule has 0 radical (unpaired) electrons. The summed E-state index contributed by atoms with van der Waals surface area (Å²) in [6.07, 6.45) is 4.96. The van der Waals surface area contributed by atoms with Crippen LogP contribution in [-0.2, 0) is 11.3 Å². The van der Waals surface area contributed by atoms with Gasteiger partial charge in [-0.15, -0.1) is 0 Å². The summed E-state index contributed by atoms with van der Waals surface area (Å²) in [6, 6.07) is 10.8. The Labute approximate surface area is 140 Å². The standard InChI is InChI=1S/C19H29N3O/c23-19(22-10-6-1-2-7-11-22)17-21-14-12-20(13-15-21)16-18-8-4-3-5-9-18/h3-5,8-9H,1-2,6-7,10-17H2/p+2. The Morgan fingerprint density at radius 3 is 2.13 bits per heavy atom. The zero-order valence-corrected chi connectivity index (χ0v) is 14.2. The first-order chi connectivity index (χ1) is 11.3. The van der Waals surface area contributed by atoms with Gasteiger partial charge in [0.05, 0.1) is 0 Å². The molecular formula is C19H31N3O+2. The SMILES string of the molecule is O=C(C[NH+]1CC[NH+](Cc2ccccc2)CC1)N1CCCCCC1. The molecule has 0 aliphatic carbocycles. The van der Waals surface area contributed by atoms with Gasteiger partial charge >= 0.3 is 0 Å². The summed E-state index contributed by atoms with van der Waals surface area (Å²) >= 11 is 0. The van der Waals surface area contributed by atoms with Crippen molar-refractivity contribution in [3.8, 4) is 0 Å². The predicted molar refractivity (Wildman–Crippen MR) is 91.5 cm³/mol. The molecule has 0 bridgehead atoms. The molecule has 0 aromatic heterocycles. The molecule has 2 saturated heterocycles. The van der Waals surface area contributed by atoms with Crippen molar-refractivity contribution in [2.75, 3.05) is 45.8 Å². The van der Waals surface area contributed by atoms with Crippen LogP contribution >= 0.6 is 0 Å². The minimum Gasteiger partial charge on any atom is -0.338 e. The zero-order chi connectivity index (χ0) is 15.9. The molecule has 0 spiro atoms. The van der Waals surface area contributed by atoms with Crippen molar-refractivity contribution in [1.29, 1.82) is 0 Å². The lowest BCUT2D eigenvalue weighted by Gasteiger charge is -2.30. The second kappa shape index (κ2) is 8.46. The van der Waals surface area contributed by atoms with Gasteiger partial charge in [-0.05, 0) is 12.8 Å². The van der Waals surface area contributed by atoms with E-state index in [9.17, 15) is 4.79 Å². The number of carbonyl (C=O) groups is 1. The summed E-state index contributed by atoms with van der Waals surface area (Å²) in [5, 5.41) is 0. The topological polar surface area (TPSA) is 29.2 Å². The minimum absolute atomic E-state index is 0.383. The monoisotopic (exact) mass is 317 g/mol. The molecule has 126 valence electrons. The van der Waals surface area contributed by atoms with Crippen molar-refractivity contribution in [1.82, 2.24) is 4.90 Å². The van der Waals surface area contributed by atoms with E-state index in [1.165, 1.54) is 49.2 Å². The molecule has 0 saturated carbocycles. The Morgan fingerprint density at radius 2 is 1.48 bits per heavy atom. The molecule has 2 fully saturated rings. The Balaban J connectivity index is 1.41. The first-order valence-corrected chi connectivity index (χ1v) is 9.30. The third-order valence-corrected chi connectivity index (χ3v) is 5.32. The molecule has 4 nitrogen and oxygen atoms in total. The summed E-state index contributed by atoms with van der Waals surface area (Å²) in [5.41, 5.74) is 1.42. The van der Waals surface area contributed by atoms with Gasteiger partial charge in [-0.25, -0.2) is 0 Å². The van der Waals surface area contributed by atoms with Gasteiger partial charge in [0.1, 0.15) is 32.7 Å². The van der Waals surface area contributed by atoms with Crippen molar-refractivity contribution >= 4 is 5.91 Å². The molecule has 0 atom stereocenters. The molecule has 2 heterocycles. The summed E-state index contributed by atoms with van der Waals surface area (Å²) in [6.45, 7) is 8.40. The fourth-order valence-corrected chi connectivity index (χ4v) is 3.84. The highest BCUT2D eigenvalue weighted by Crippen LogP contribution is 2.09. The summed E-state index contributed by atoms with van der Waals surface area (Å²) in [4.78, 5) is 17.7. The van der Waals surface area contributed by atoms with E-state index in [0.717, 1.165) is 32.7 Å². The Morgan fingerprint density at radius 1 is 0.870 bits per heavy atom. The normalized spacial score (nSPS) is 25.8. The number of benzene rings is 1. The largest absolute Gasteiger partial charge is 0.338 e. The van der Waals surface area contributed by atoms with E-state index in [1.807, 2.05) is 0 Å². The van der Waals surface area contributed by atoms with Gasteiger partial charge < -0.3 is 14.7 Å². The lowest BCUT2D eigenvalue weighted by atomic mass is 10.2. The molecule has 1 amide bonds. The van der Waals surface area contributed by atoms with Crippen LogP contribution in [0.5, 0.6) is 0 Å². The molecule has 3 rings (SSSR count). The fraction of sp³-hybridized carbons (Fsp3) is 0.632. The first-order valence-electron chi connectivity index (χ1n) is 9.30. The van der Waals surface area contributed by atoms with Crippen molar-refractivity contribution in [3.05, 3.63) is 35.9 Å². The molecular weight excluding hydrogens is 286 g/mol.